The summed E-state index contributed by atoms with van der Waals surface area (Å²) in [6, 6.07) is 6.13. The second-order valence-corrected chi connectivity index (χ2v) is 5.90. The van der Waals surface area contributed by atoms with Gasteiger partial charge in [0, 0.05) is 36.6 Å². The van der Waals surface area contributed by atoms with Crippen molar-refractivity contribution in [1.29, 1.82) is 0 Å². The van der Waals surface area contributed by atoms with E-state index < -0.39 is 6.04 Å². The molecule has 2 aliphatic heterocycles. The number of amides is 1. The minimum Gasteiger partial charge on any atom is -0.373 e. The number of fused-ring (bicyclic) bond motifs is 1. The van der Waals surface area contributed by atoms with E-state index in [4.69, 9.17) is 5.73 Å². The summed E-state index contributed by atoms with van der Waals surface area (Å²) in [5.41, 5.74) is 8.70. The standard InChI is InChI=1S/C15H22N4O/c1-18-7-3-4-11(18)9-19(2)10-5-6-12-13(8-10)17-15(20)14(12)16/h5-6,8,11,14H,3-4,7,9,16H2,1-2H3,(H,17,20). The third-order valence-electron chi connectivity index (χ3n) is 4.51. The second-order valence-electron chi connectivity index (χ2n) is 5.90. The van der Waals surface area contributed by atoms with E-state index in [0.29, 0.717) is 6.04 Å². The summed E-state index contributed by atoms with van der Waals surface area (Å²) < 4.78 is 0. The average molecular weight is 274 g/mol. The summed E-state index contributed by atoms with van der Waals surface area (Å²) in [5, 5.41) is 2.84. The minimum absolute atomic E-state index is 0.115. The van der Waals surface area contributed by atoms with Crippen molar-refractivity contribution in [3.63, 3.8) is 0 Å². The molecule has 1 aromatic carbocycles. The van der Waals surface area contributed by atoms with E-state index in [-0.39, 0.29) is 5.91 Å². The normalized spacial score (nSPS) is 25.6. The molecule has 1 saturated heterocycles. The lowest BCUT2D eigenvalue weighted by Gasteiger charge is -2.27. The van der Waals surface area contributed by atoms with Gasteiger partial charge in [0.1, 0.15) is 6.04 Å². The van der Waals surface area contributed by atoms with Gasteiger partial charge >= 0.3 is 0 Å². The molecule has 0 radical (unpaired) electrons. The molecule has 0 bridgehead atoms. The van der Waals surface area contributed by atoms with Gasteiger partial charge in [-0.1, -0.05) is 6.07 Å². The summed E-state index contributed by atoms with van der Waals surface area (Å²) in [6.07, 6.45) is 2.54. The zero-order chi connectivity index (χ0) is 14.3. The maximum absolute atomic E-state index is 11.6. The smallest absolute Gasteiger partial charge is 0.245 e. The SMILES string of the molecule is CN(CC1CCCN1C)c1ccc2c(c1)NC(=O)C2N. The molecule has 0 aromatic heterocycles. The lowest BCUT2D eigenvalue weighted by Crippen LogP contribution is -2.36. The summed E-state index contributed by atoms with van der Waals surface area (Å²) in [5.74, 6) is -0.115. The first-order valence-electron chi connectivity index (χ1n) is 7.18. The minimum atomic E-state index is -0.523. The number of nitrogens with two attached hydrogens (primary N) is 1. The number of likely N-dealkylation sites (tertiary alicyclic amines) is 1. The Morgan fingerprint density at radius 3 is 3.00 bits per heavy atom. The Morgan fingerprint density at radius 2 is 2.30 bits per heavy atom. The Morgan fingerprint density at radius 1 is 1.50 bits per heavy atom. The molecule has 1 aromatic rings. The lowest BCUT2D eigenvalue weighted by atomic mass is 10.1. The molecule has 0 aliphatic carbocycles. The Kier molecular flexibility index (Phi) is 3.40. The fourth-order valence-electron chi connectivity index (χ4n) is 3.14. The molecule has 3 rings (SSSR count). The summed E-state index contributed by atoms with van der Waals surface area (Å²) in [7, 11) is 4.29. The van der Waals surface area contributed by atoms with Crippen LogP contribution in [-0.2, 0) is 4.79 Å². The highest BCUT2D eigenvalue weighted by atomic mass is 16.2. The molecule has 2 heterocycles. The predicted molar refractivity (Wildman–Crippen MR) is 80.9 cm³/mol. The molecule has 108 valence electrons. The first-order valence-corrected chi connectivity index (χ1v) is 7.18. The molecule has 0 spiro atoms. The van der Waals surface area contributed by atoms with Crippen molar-refractivity contribution in [2.24, 2.45) is 5.73 Å². The van der Waals surface area contributed by atoms with Gasteiger partial charge in [-0.05, 0) is 38.6 Å². The Hall–Kier alpha value is -1.59. The summed E-state index contributed by atoms with van der Waals surface area (Å²) in [6.45, 7) is 2.20. The quantitative estimate of drug-likeness (QED) is 0.868. The van der Waals surface area contributed by atoms with Crippen molar-refractivity contribution >= 4 is 17.3 Å². The van der Waals surface area contributed by atoms with Gasteiger partial charge in [-0.2, -0.15) is 0 Å². The maximum atomic E-state index is 11.6. The number of nitrogens with zero attached hydrogens (tertiary/aromatic N) is 2. The number of likely N-dealkylation sites (N-methyl/N-ethyl adjacent to an activating group) is 2. The Bertz CT molecular complexity index is 531. The van der Waals surface area contributed by atoms with Crippen LogP contribution in [0.1, 0.15) is 24.4 Å². The molecule has 5 nitrogen and oxygen atoms in total. The summed E-state index contributed by atoms with van der Waals surface area (Å²) >= 11 is 0. The van der Waals surface area contributed by atoms with Crippen LogP contribution in [0.3, 0.4) is 0 Å². The molecule has 20 heavy (non-hydrogen) atoms. The number of rotatable bonds is 3. The van der Waals surface area contributed by atoms with Gasteiger partial charge in [0.15, 0.2) is 0 Å². The first-order chi connectivity index (χ1) is 9.56. The van der Waals surface area contributed by atoms with E-state index in [1.165, 1.54) is 19.4 Å². The van der Waals surface area contributed by atoms with Gasteiger partial charge in [-0.25, -0.2) is 0 Å². The third-order valence-corrected chi connectivity index (χ3v) is 4.51. The molecule has 2 aliphatic rings. The van der Waals surface area contributed by atoms with E-state index in [1.807, 2.05) is 18.2 Å². The van der Waals surface area contributed by atoms with Gasteiger partial charge < -0.3 is 20.9 Å². The highest BCUT2D eigenvalue weighted by molar-refractivity contribution is 6.02. The largest absolute Gasteiger partial charge is 0.373 e. The molecule has 1 fully saturated rings. The number of benzene rings is 1. The van der Waals surface area contributed by atoms with Crippen molar-refractivity contribution in [3.05, 3.63) is 23.8 Å². The van der Waals surface area contributed by atoms with Crippen LogP contribution in [0.2, 0.25) is 0 Å². The van der Waals surface area contributed by atoms with Crippen molar-refractivity contribution in [3.8, 4) is 0 Å². The molecule has 0 saturated carbocycles. The van der Waals surface area contributed by atoms with Crippen LogP contribution in [0.4, 0.5) is 11.4 Å². The number of nitrogens with one attached hydrogen (secondary N) is 1. The number of carbonyl (C=O) groups excluding carboxylic acids is 1. The van der Waals surface area contributed by atoms with Crippen molar-refractivity contribution in [2.75, 3.05) is 37.4 Å². The van der Waals surface area contributed by atoms with Gasteiger partial charge in [0.25, 0.3) is 0 Å². The predicted octanol–water partition coefficient (Wildman–Crippen LogP) is 1.17. The monoisotopic (exact) mass is 274 g/mol. The van der Waals surface area contributed by atoms with Crippen LogP contribution in [0, 0.1) is 0 Å². The topological polar surface area (TPSA) is 61.6 Å². The van der Waals surface area contributed by atoms with Crippen LogP contribution in [0.5, 0.6) is 0 Å². The molecule has 2 atom stereocenters. The second kappa shape index (κ2) is 5.07. The van der Waals surface area contributed by atoms with Crippen LogP contribution in [-0.4, -0.2) is 44.0 Å². The molecule has 2 unspecified atom stereocenters. The fraction of sp³-hybridized carbons (Fsp3) is 0.533. The van der Waals surface area contributed by atoms with Gasteiger partial charge in [0.05, 0.1) is 0 Å². The van der Waals surface area contributed by atoms with Crippen molar-refractivity contribution in [1.82, 2.24) is 4.90 Å². The van der Waals surface area contributed by atoms with Crippen LogP contribution < -0.4 is 16.0 Å². The first kappa shape index (κ1) is 13.4. The van der Waals surface area contributed by atoms with Gasteiger partial charge in [0.2, 0.25) is 5.91 Å². The zero-order valence-corrected chi connectivity index (χ0v) is 12.1. The van der Waals surface area contributed by atoms with Crippen LogP contribution >= 0.6 is 0 Å². The number of carbonyl (C=O) groups is 1. The van der Waals surface area contributed by atoms with E-state index in [0.717, 1.165) is 23.5 Å². The average Bonchev–Trinajstić information content (AvgIpc) is 2.95. The molecule has 3 N–H and O–H groups in total. The Labute approximate surface area is 119 Å². The number of hydrogen-bond acceptors (Lipinski definition) is 4. The fourth-order valence-corrected chi connectivity index (χ4v) is 3.14. The Balaban J connectivity index is 1.75. The van der Waals surface area contributed by atoms with Crippen LogP contribution in [0.15, 0.2) is 18.2 Å². The van der Waals surface area contributed by atoms with Crippen molar-refractivity contribution < 1.29 is 4.79 Å². The summed E-state index contributed by atoms with van der Waals surface area (Å²) in [4.78, 5) is 16.2. The molecule has 5 heteroatoms. The number of anilines is 2. The zero-order valence-electron chi connectivity index (χ0n) is 12.1. The molecular weight excluding hydrogens is 252 g/mol. The van der Waals surface area contributed by atoms with Gasteiger partial charge in [-0.15, -0.1) is 0 Å². The molecular formula is C15H22N4O. The highest BCUT2D eigenvalue weighted by Crippen LogP contribution is 2.32. The van der Waals surface area contributed by atoms with Crippen molar-refractivity contribution in [2.45, 2.75) is 24.9 Å². The maximum Gasteiger partial charge on any atom is 0.245 e. The third kappa shape index (κ3) is 2.27. The molecule has 1 amide bonds. The van der Waals surface area contributed by atoms with Gasteiger partial charge in [-0.3, -0.25) is 4.79 Å². The van der Waals surface area contributed by atoms with E-state index in [1.54, 1.807) is 0 Å². The van der Waals surface area contributed by atoms with Crippen LogP contribution in [0.25, 0.3) is 0 Å². The van der Waals surface area contributed by atoms with E-state index >= 15 is 0 Å². The number of hydrogen-bond donors (Lipinski definition) is 2. The highest BCUT2D eigenvalue weighted by Gasteiger charge is 2.28. The van der Waals surface area contributed by atoms with E-state index in [2.05, 4.69) is 29.2 Å². The lowest BCUT2D eigenvalue weighted by molar-refractivity contribution is -0.116. The van der Waals surface area contributed by atoms with E-state index in [9.17, 15) is 4.79 Å².